The van der Waals surface area contributed by atoms with E-state index in [1.807, 2.05) is 18.5 Å². The molecule has 1 aromatic heterocycles. The van der Waals surface area contributed by atoms with Gasteiger partial charge in [0.05, 0.1) is 0 Å². The van der Waals surface area contributed by atoms with Gasteiger partial charge < -0.3 is 5.32 Å². The molecule has 2 heteroatoms. The minimum Gasteiger partial charge on any atom is -0.314 e. The fourth-order valence-electron chi connectivity index (χ4n) is 1.89. The van der Waals surface area contributed by atoms with E-state index in [1.165, 1.54) is 31.4 Å². The predicted octanol–water partition coefficient (Wildman–Crippen LogP) is 1.77. The minimum atomic E-state index is 0.750. The summed E-state index contributed by atoms with van der Waals surface area (Å²) in [6.07, 6.45) is 8.90. The molecule has 1 aliphatic heterocycles. The molecule has 0 aromatic carbocycles. The molecule has 0 bridgehead atoms. The van der Waals surface area contributed by atoms with Crippen molar-refractivity contribution in [2.45, 2.75) is 31.7 Å². The Hall–Kier alpha value is -0.890. The van der Waals surface area contributed by atoms with Crippen LogP contribution in [0.3, 0.4) is 0 Å². The molecule has 1 saturated heterocycles. The molecule has 2 nitrogen and oxygen atoms in total. The number of pyridine rings is 1. The summed E-state index contributed by atoms with van der Waals surface area (Å²) in [7, 11) is 0. The van der Waals surface area contributed by atoms with E-state index < -0.39 is 0 Å². The zero-order chi connectivity index (χ0) is 8.93. The Morgan fingerprint density at radius 2 is 2.54 bits per heavy atom. The maximum absolute atomic E-state index is 4.11. The van der Waals surface area contributed by atoms with E-state index >= 15 is 0 Å². The lowest BCUT2D eigenvalue weighted by atomic mass is 10.1. The van der Waals surface area contributed by atoms with Crippen molar-refractivity contribution in [1.82, 2.24) is 10.3 Å². The Balaban J connectivity index is 1.79. The van der Waals surface area contributed by atoms with E-state index in [0.717, 1.165) is 12.5 Å². The number of aromatic nitrogens is 1. The lowest BCUT2D eigenvalue weighted by Gasteiger charge is -2.08. The van der Waals surface area contributed by atoms with Gasteiger partial charge in [-0.1, -0.05) is 6.07 Å². The molecule has 2 rings (SSSR count). The highest BCUT2D eigenvalue weighted by molar-refractivity contribution is 5.08. The molecule has 0 aliphatic carbocycles. The van der Waals surface area contributed by atoms with Crippen LogP contribution < -0.4 is 5.32 Å². The molecule has 0 saturated carbocycles. The van der Waals surface area contributed by atoms with E-state index in [1.54, 1.807) is 0 Å². The molecular formula is C11H16N2. The fourth-order valence-corrected chi connectivity index (χ4v) is 1.89. The van der Waals surface area contributed by atoms with Gasteiger partial charge in [0.25, 0.3) is 0 Å². The van der Waals surface area contributed by atoms with Crippen molar-refractivity contribution in [3.05, 3.63) is 30.1 Å². The highest BCUT2D eigenvalue weighted by atomic mass is 14.9. The van der Waals surface area contributed by atoms with Gasteiger partial charge in [0.1, 0.15) is 0 Å². The maximum Gasteiger partial charge on any atom is 0.0299 e. The van der Waals surface area contributed by atoms with Gasteiger partial charge in [0, 0.05) is 18.4 Å². The van der Waals surface area contributed by atoms with Crippen LogP contribution in [0.2, 0.25) is 0 Å². The lowest BCUT2D eigenvalue weighted by molar-refractivity contribution is 0.559. The Kier molecular flexibility index (Phi) is 2.93. The van der Waals surface area contributed by atoms with Gasteiger partial charge in [-0.3, -0.25) is 4.98 Å². The summed E-state index contributed by atoms with van der Waals surface area (Å²) >= 11 is 0. The summed E-state index contributed by atoms with van der Waals surface area (Å²) in [5.41, 5.74) is 1.36. The van der Waals surface area contributed by atoms with Crippen molar-refractivity contribution >= 4 is 0 Å². The van der Waals surface area contributed by atoms with Crippen molar-refractivity contribution < 1.29 is 0 Å². The third kappa shape index (κ3) is 2.52. The van der Waals surface area contributed by atoms with E-state index in [4.69, 9.17) is 0 Å². The first kappa shape index (κ1) is 8.70. The normalized spacial score (nSPS) is 22.0. The molecule has 0 radical (unpaired) electrons. The van der Waals surface area contributed by atoms with Gasteiger partial charge in [-0.25, -0.2) is 0 Å². The van der Waals surface area contributed by atoms with E-state index in [9.17, 15) is 0 Å². The fraction of sp³-hybridized carbons (Fsp3) is 0.545. The van der Waals surface area contributed by atoms with Gasteiger partial charge in [-0.2, -0.15) is 0 Å². The van der Waals surface area contributed by atoms with Crippen LogP contribution >= 0.6 is 0 Å². The van der Waals surface area contributed by atoms with Gasteiger partial charge >= 0.3 is 0 Å². The van der Waals surface area contributed by atoms with Crippen molar-refractivity contribution in [1.29, 1.82) is 0 Å². The van der Waals surface area contributed by atoms with Gasteiger partial charge in [-0.15, -0.1) is 0 Å². The van der Waals surface area contributed by atoms with Gasteiger partial charge in [-0.05, 0) is 43.9 Å². The van der Waals surface area contributed by atoms with Gasteiger partial charge in [0.2, 0.25) is 0 Å². The number of aryl methyl sites for hydroxylation is 1. The first-order valence-electron chi connectivity index (χ1n) is 5.07. The monoisotopic (exact) mass is 176 g/mol. The topological polar surface area (TPSA) is 24.9 Å². The van der Waals surface area contributed by atoms with Crippen LogP contribution in [0.4, 0.5) is 0 Å². The maximum atomic E-state index is 4.11. The summed E-state index contributed by atoms with van der Waals surface area (Å²) in [5.74, 6) is 0. The van der Waals surface area contributed by atoms with E-state index in [0.29, 0.717) is 0 Å². The molecule has 1 N–H and O–H groups in total. The molecule has 0 spiro atoms. The summed E-state index contributed by atoms with van der Waals surface area (Å²) in [6.45, 7) is 1.21. The van der Waals surface area contributed by atoms with Crippen LogP contribution in [-0.4, -0.2) is 17.6 Å². The van der Waals surface area contributed by atoms with Crippen molar-refractivity contribution in [3.8, 4) is 0 Å². The van der Waals surface area contributed by atoms with Crippen LogP contribution in [0.1, 0.15) is 24.8 Å². The average Bonchev–Trinajstić information content (AvgIpc) is 2.69. The Bertz CT molecular complexity index is 240. The van der Waals surface area contributed by atoms with Crippen molar-refractivity contribution in [3.63, 3.8) is 0 Å². The zero-order valence-electron chi connectivity index (χ0n) is 7.87. The van der Waals surface area contributed by atoms with E-state index in [2.05, 4.69) is 16.4 Å². The largest absolute Gasteiger partial charge is 0.314 e. The third-order valence-corrected chi connectivity index (χ3v) is 2.67. The highest BCUT2D eigenvalue weighted by Gasteiger charge is 2.12. The number of rotatable bonds is 3. The molecule has 1 unspecified atom stereocenters. The first-order valence-corrected chi connectivity index (χ1v) is 5.07. The average molecular weight is 176 g/mol. The molecular weight excluding hydrogens is 160 g/mol. The Morgan fingerprint density at radius 3 is 3.23 bits per heavy atom. The van der Waals surface area contributed by atoms with Crippen LogP contribution in [0.5, 0.6) is 0 Å². The SMILES string of the molecule is c1cncc(CCC2CCCN2)c1. The predicted molar refractivity (Wildman–Crippen MR) is 53.6 cm³/mol. The second-order valence-electron chi connectivity index (χ2n) is 3.69. The minimum absolute atomic E-state index is 0.750. The number of hydrogen-bond donors (Lipinski definition) is 1. The molecule has 1 fully saturated rings. The lowest BCUT2D eigenvalue weighted by Crippen LogP contribution is -2.21. The second kappa shape index (κ2) is 4.38. The highest BCUT2D eigenvalue weighted by Crippen LogP contribution is 2.11. The standard InChI is InChI=1S/C11H16N2/c1-3-10(9-12-7-1)5-6-11-4-2-8-13-11/h1,3,7,9,11,13H,2,4-6,8H2. The van der Waals surface area contributed by atoms with E-state index in [-0.39, 0.29) is 0 Å². The summed E-state index contributed by atoms with van der Waals surface area (Å²) < 4.78 is 0. The summed E-state index contributed by atoms with van der Waals surface area (Å²) in [6, 6.07) is 4.92. The molecule has 1 aliphatic rings. The van der Waals surface area contributed by atoms with Crippen molar-refractivity contribution in [2.24, 2.45) is 0 Å². The number of nitrogens with zero attached hydrogens (tertiary/aromatic N) is 1. The Morgan fingerprint density at radius 1 is 1.54 bits per heavy atom. The van der Waals surface area contributed by atoms with Crippen molar-refractivity contribution in [2.75, 3.05) is 6.54 Å². The van der Waals surface area contributed by atoms with Crippen LogP contribution in [0.25, 0.3) is 0 Å². The third-order valence-electron chi connectivity index (χ3n) is 2.67. The quantitative estimate of drug-likeness (QED) is 0.759. The van der Waals surface area contributed by atoms with Crippen LogP contribution in [0.15, 0.2) is 24.5 Å². The second-order valence-corrected chi connectivity index (χ2v) is 3.69. The van der Waals surface area contributed by atoms with Gasteiger partial charge in [0.15, 0.2) is 0 Å². The Labute approximate surface area is 79.4 Å². The molecule has 1 atom stereocenters. The number of hydrogen-bond acceptors (Lipinski definition) is 2. The molecule has 13 heavy (non-hydrogen) atoms. The van der Waals surface area contributed by atoms with Crippen LogP contribution in [0, 0.1) is 0 Å². The molecule has 1 aromatic rings. The molecule has 70 valence electrons. The first-order chi connectivity index (χ1) is 6.45. The smallest absolute Gasteiger partial charge is 0.0299 e. The van der Waals surface area contributed by atoms with Crippen LogP contribution in [-0.2, 0) is 6.42 Å². The molecule has 2 heterocycles. The summed E-state index contributed by atoms with van der Waals surface area (Å²) in [5, 5.41) is 3.51. The molecule has 0 amide bonds. The number of nitrogens with one attached hydrogen (secondary N) is 1. The summed E-state index contributed by atoms with van der Waals surface area (Å²) in [4.78, 5) is 4.11. The zero-order valence-corrected chi connectivity index (χ0v) is 7.87.